The zero-order valence-electron chi connectivity index (χ0n) is 13.8. The molecule has 0 spiro atoms. The first-order valence-corrected chi connectivity index (χ1v) is 9.21. The van der Waals surface area contributed by atoms with E-state index in [0.29, 0.717) is 12.8 Å². The molecule has 2 rings (SSSR count). The molecule has 0 aliphatic carbocycles. The Morgan fingerprint density at radius 1 is 1.31 bits per heavy atom. The average Bonchev–Trinajstić information content (AvgIpc) is 2.60. The summed E-state index contributed by atoms with van der Waals surface area (Å²) in [7, 11) is -3.87. The Hall–Kier alpha value is -1.36. The second-order valence-corrected chi connectivity index (χ2v) is 7.87. The first-order valence-electron chi connectivity index (χ1n) is 7.77. The molecule has 1 heterocycles. The van der Waals surface area contributed by atoms with Crippen LogP contribution in [0.5, 0.6) is 0 Å². The normalized spacial score (nSPS) is 18.8. The Morgan fingerprint density at radius 3 is 2.50 bits per heavy atom. The van der Waals surface area contributed by atoms with Gasteiger partial charge in [0.2, 0.25) is 15.9 Å². The van der Waals surface area contributed by atoms with Crippen molar-refractivity contribution >= 4 is 28.3 Å². The fourth-order valence-corrected chi connectivity index (χ4v) is 4.09. The number of carbonyl (C=O) groups excluding carboxylic acids is 1. The Kier molecular flexibility index (Phi) is 7.87. The Labute approximate surface area is 156 Å². The van der Waals surface area contributed by atoms with Crippen LogP contribution in [0, 0.1) is 11.7 Å². The summed E-state index contributed by atoms with van der Waals surface area (Å²) >= 11 is 0. The molecule has 0 saturated carbocycles. The quantitative estimate of drug-likeness (QED) is 0.733. The number of hydrogen-bond acceptors (Lipinski definition) is 4. The van der Waals surface area contributed by atoms with Gasteiger partial charge in [-0.15, -0.1) is 12.4 Å². The summed E-state index contributed by atoms with van der Waals surface area (Å²) in [6, 6.07) is 4.37. The van der Waals surface area contributed by atoms with Crippen molar-refractivity contribution in [2.24, 2.45) is 11.7 Å². The van der Waals surface area contributed by atoms with Crippen LogP contribution in [0.3, 0.4) is 0 Å². The molecule has 26 heavy (non-hydrogen) atoms. The predicted molar refractivity (Wildman–Crippen MR) is 92.1 cm³/mol. The Balaban J connectivity index is 0.00000338. The summed E-state index contributed by atoms with van der Waals surface area (Å²) in [4.78, 5) is 12.0. The topological polar surface area (TPSA) is 92.5 Å². The van der Waals surface area contributed by atoms with Gasteiger partial charge in [-0.3, -0.25) is 4.79 Å². The number of sulfonamides is 1. The zero-order valence-corrected chi connectivity index (χ0v) is 15.5. The fourth-order valence-electron chi connectivity index (χ4n) is 2.56. The van der Waals surface area contributed by atoms with Crippen LogP contribution in [0.1, 0.15) is 12.8 Å². The van der Waals surface area contributed by atoms with Crippen molar-refractivity contribution in [1.82, 2.24) is 9.62 Å². The number of nitrogens with one attached hydrogen (secondary N) is 1. The number of benzene rings is 1. The molecule has 1 aromatic carbocycles. The molecule has 148 valence electrons. The van der Waals surface area contributed by atoms with Crippen LogP contribution in [0.25, 0.3) is 0 Å². The van der Waals surface area contributed by atoms with Crippen molar-refractivity contribution in [3.63, 3.8) is 0 Å². The van der Waals surface area contributed by atoms with Crippen molar-refractivity contribution in [1.29, 1.82) is 0 Å². The lowest BCUT2D eigenvalue weighted by Crippen LogP contribution is -2.48. The number of nitrogens with two attached hydrogens (primary N) is 1. The summed E-state index contributed by atoms with van der Waals surface area (Å²) in [6.45, 7) is -1.67. The smallest absolute Gasteiger partial charge is 0.277 e. The molecule has 1 aliphatic rings. The van der Waals surface area contributed by atoms with Crippen molar-refractivity contribution in [3.8, 4) is 0 Å². The van der Waals surface area contributed by atoms with Crippen molar-refractivity contribution in [2.45, 2.75) is 23.7 Å². The van der Waals surface area contributed by atoms with Crippen LogP contribution in [0.2, 0.25) is 0 Å². The van der Waals surface area contributed by atoms with Crippen LogP contribution in [0.15, 0.2) is 29.2 Å². The van der Waals surface area contributed by atoms with Gasteiger partial charge in [0.25, 0.3) is 5.92 Å². The van der Waals surface area contributed by atoms with E-state index in [1.54, 1.807) is 0 Å². The molecule has 3 N–H and O–H groups in total. The van der Waals surface area contributed by atoms with E-state index in [-0.39, 0.29) is 30.4 Å². The van der Waals surface area contributed by atoms with E-state index in [0.717, 1.165) is 28.6 Å². The van der Waals surface area contributed by atoms with Gasteiger partial charge >= 0.3 is 0 Å². The van der Waals surface area contributed by atoms with Crippen molar-refractivity contribution in [2.75, 3.05) is 26.2 Å². The maximum atomic E-state index is 13.1. The number of piperidine rings is 1. The molecule has 1 unspecified atom stereocenters. The maximum Gasteiger partial charge on any atom is 0.277 e. The Bertz CT molecular complexity index is 717. The van der Waals surface area contributed by atoms with Crippen molar-refractivity contribution in [3.05, 3.63) is 30.1 Å². The van der Waals surface area contributed by atoms with Gasteiger partial charge in [-0.25, -0.2) is 21.6 Å². The van der Waals surface area contributed by atoms with E-state index in [9.17, 15) is 26.4 Å². The highest BCUT2D eigenvalue weighted by molar-refractivity contribution is 7.89. The molecular weight excluding hydrogens is 395 g/mol. The summed E-state index contributed by atoms with van der Waals surface area (Å²) in [5.41, 5.74) is 4.91. The number of alkyl halides is 2. The van der Waals surface area contributed by atoms with E-state index in [1.165, 1.54) is 0 Å². The van der Waals surface area contributed by atoms with E-state index in [2.05, 4.69) is 5.32 Å². The Morgan fingerprint density at radius 2 is 1.92 bits per heavy atom. The predicted octanol–water partition coefficient (Wildman–Crippen LogP) is 1.36. The first-order chi connectivity index (χ1) is 11.7. The fraction of sp³-hybridized carbons (Fsp3) is 0.533. The van der Waals surface area contributed by atoms with Gasteiger partial charge in [-0.05, 0) is 37.1 Å². The highest BCUT2D eigenvalue weighted by Gasteiger charge is 2.35. The molecule has 1 atom stereocenters. The van der Waals surface area contributed by atoms with Crippen LogP contribution >= 0.6 is 12.4 Å². The number of nitrogens with zero attached hydrogens (tertiary/aromatic N) is 1. The van der Waals surface area contributed by atoms with Crippen molar-refractivity contribution < 1.29 is 26.4 Å². The van der Waals surface area contributed by atoms with Gasteiger partial charge < -0.3 is 11.1 Å². The second-order valence-electron chi connectivity index (χ2n) is 5.93. The van der Waals surface area contributed by atoms with Gasteiger partial charge in [0.1, 0.15) is 5.82 Å². The number of hydrogen-bond donors (Lipinski definition) is 2. The highest BCUT2D eigenvalue weighted by atomic mass is 35.5. The average molecular weight is 416 g/mol. The molecule has 1 amide bonds. The summed E-state index contributed by atoms with van der Waals surface area (Å²) in [5, 5.41) is 2.12. The molecule has 0 radical (unpaired) electrons. The summed E-state index contributed by atoms with van der Waals surface area (Å²) < 4.78 is 65.5. The molecule has 0 bridgehead atoms. The number of amides is 1. The molecule has 11 heteroatoms. The first kappa shape index (κ1) is 22.7. The third-order valence-corrected chi connectivity index (χ3v) is 5.91. The number of halogens is 4. The lowest BCUT2D eigenvalue weighted by molar-refractivity contribution is -0.127. The maximum absolute atomic E-state index is 13.1. The van der Waals surface area contributed by atoms with E-state index >= 15 is 0 Å². The number of rotatable bonds is 6. The lowest BCUT2D eigenvalue weighted by atomic mass is 9.99. The van der Waals surface area contributed by atoms with Gasteiger partial charge in [0.05, 0.1) is 23.9 Å². The largest absolute Gasteiger partial charge is 0.350 e. The van der Waals surface area contributed by atoms with Crippen LogP contribution < -0.4 is 11.1 Å². The minimum absolute atomic E-state index is 0. The van der Waals surface area contributed by atoms with Gasteiger partial charge in [0, 0.05) is 13.1 Å². The van der Waals surface area contributed by atoms with Crippen LogP contribution in [-0.2, 0) is 14.8 Å². The number of carbonyl (C=O) groups is 1. The second kappa shape index (κ2) is 9.03. The monoisotopic (exact) mass is 415 g/mol. The minimum atomic E-state index is -3.87. The van der Waals surface area contributed by atoms with Gasteiger partial charge in [0.15, 0.2) is 0 Å². The summed E-state index contributed by atoms with van der Waals surface area (Å²) in [6.07, 6.45) is 0.821. The van der Waals surface area contributed by atoms with Crippen LogP contribution in [0.4, 0.5) is 13.2 Å². The third kappa shape index (κ3) is 5.57. The molecule has 1 saturated heterocycles. The van der Waals surface area contributed by atoms with Gasteiger partial charge in [-0.1, -0.05) is 0 Å². The lowest BCUT2D eigenvalue weighted by Gasteiger charge is -2.31. The standard InChI is InChI=1S/C15H20F3N3O3S.ClH/c16-12-3-5-13(6-4-12)25(23,24)21-7-1-2-11(8-21)14(22)20-10-15(17,18)9-19;/h3-6,11H,1-2,7-10,19H2,(H,20,22);1H. The third-order valence-electron chi connectivity index (χ3n) is 4.03. The van der Waals surface area contributed by atoms with E-state index in [1.807, 2.05) is 0 Å². The molecule has 1 fully saturated rings. The van der Waals surface area contributed by atoms with Gasteiger partial charge in [-0.2, -0.15) is 4.31 Å². The molecule has 0 aromatic heterocycles. The zero-order chi connectivity index (χ0) is 18.7. The molecular formula is C15H21ClF3N3O3S. The summed E-state index contributed by atoms with van der Waals surface area (Å²) in [5.74, 6) is -5.12. The minimum Gasteiger partial charge on any atom is -0.350 e. The molecule has 1 aromatic rings. The molecule has 6 nitrogen and oxygen atoms in total. The van der Waals surface area contributed by atoms with Crippen LogP contribution in [-0.4, -0.2) is 50.7 Å². The van der Waals surface area contributed by atoms with E-state index < -0.39 is 46.7 Å². The molecule has 1 aliphatic heterocycles. The highest BCUT2D eigenvalue weighted by Crippen LogP contribution is 2.24. The SMILES string of the molecule is Cl.NCC(F)(F)CNC(=O)C1CCCN(S(=O)(=O)c2ccc(F)cc2)C1. The van der Waals surface area contributed by atoms with E-state index in [4.69, 9.17) is 5.73 Å².